The molecule has 1 aliphatic rings. The summed E-state index contributed by atoms with van der Waals surface area (Å²) in [4.78, 5) is 19.6. The maximum Gasteiger partial charge on any atom is 0.259 e. The summed E-state index contributed by atoms with van der Waals surface area (Å²) in [7, 11) is 0. The van der Waals surface area contributed by atoms with Gasteiger partial charge in [0, 0.05) is 22.7 Å². The number of aromatic nitrogens is 1. The highest BCUT2D eigenvalue weighted by Gasteiger charge is 2.32. The number of amides is 1. The van der Waals surface area contributed by atoms with Crippen LogP contribution in [0.3, 0.4) is 0 Å². The highest BCUT2D eigenvalue weighted by atomic mass is 16.2. The summed E-state index contributed by atoms with van der Waals surface area (Å²) in [5.74, 6) is 0.0333. The van der Waals surface area contributed by atoms with Crippen LogP contribution >= 0.6 is 0 Å². The molecule has 1 amide bonds. The molecule has 0 atom stereocenters. The van der Waals surface area contributed by atoms with Crippen LogP contribution in [0.1, 0.15) is 16.7 Å². The van der Waals surface area contributed by atoms with Gasteiger partial charge in [0.15, 0.2) is 0 Å². The molecule has 0 saturated heterocycles. The minimum atomic E-state index is 0.0333. The van der Waals surface area contributed by atoms with Crippen LogP contribution in [0.2, 0.25) is 0 Å². The first-order valence-corrected chi connectivity index (χ1v) is 9.32. The molecule has 0 radical (unpaired) electrons. The van der Waals surface area contributed by atoms with Crippen molar-refractivity contribution in [3.05, 3.63) is 108 Å². The minimum absolute atomic E-state index is 0.0333. The van der Waals surface area contributed by atoms with Gasteiger partial charge in [-0.2, -0.15) is 0 Å². The summed E-state index contributed by atoms with van der Waals surface area (Å²) in [6.07, 6.45) is 3.79. The average Bonchev–Trinajstić information content (AvgIpc) is 3.01. The zero-order chi connectivity index (χ0) is 18.9. The number of pyridine rings is 1. The van der Waals surface area contributed by atoms with E-state index in [4.69, 9.17) is 0 Å². The van der Waals surface area contributed by atoms with Crippen molar-refractivity contribution in [1.29, 1.82) is 0 Å². The molecule has 1 aliphatic heterocycles. The van der Waals surface area contributed by atoms with Crippen molar-refractivity contribution in [2.24, 2.45) is 0 Å². The fourth-order valence-corrected chi connectivity index (χ4v) is 3.77. The van der Waals surface area contributed by atoms with Gasteiger partial charge >= 0.3 is 0 Å². The van der Waals surface area contributed by atoms with Gasteiger partial charge in [0.25, 0.3) is 5.91 Å². The van der Waals surface area contributed by atoms with Crippen LogP contribution in [0.5, 0.6) is 0 Å². The molecule has 3 heteroatoms. The third-order valence-corrected chi connectivity index (χ3v) is 5.13. The first kappa shape index (κ1) is 16.5. The largest absolute Gasteiger partial charge is 0.303 e. The fourth-order valence-electron chi connectivity index (χ4n) is 3.77. The molecule has 134 valence electrons. The second kappa shape index (κ2) is 6.78. The third-order valence-electron chi connectivity index (χ3n) is 5.13. The molecular weight excluding hydrogens is 344 g/mol. The predicted molar refractivity (Wildman–Crippen MR) is 114 cm³/mol. The molecule has 0 saturated carbocycles. The van der Waals surface area contributed by atoms with Crippen LogP contribution in [0.15, 0.2) is 91.1 Å². The maximum absolute atomic E-state index is 13.3. The molecule has 5 rings (SSSR count). The van der Waals surface area contributed by atoms with Crippen LogP contribution in [0.4, 0.5) is 5.69 Å². The van der Waals surface area contributed by atoms with Gasteiger partial charge in [-0.1, -0.05) is 66.7 Å². The molecule has 0 N–H and O–H groups in total. The fraction of sp³-hybridized carbons (Fsp3) is 0.0400. The van der Waals surface area contributed by atoms with Crippen molar-refractivity contribution in [3.63, 3.8) is 0 Å². The number of hydrogen-bond donors (Lipinski definition) is 0. The van der Waals surface area contributed by atoms with E-state index in [2.05, 4.69) is 4.98 Å². The highest BCUT2D eigenvalue weighted by Crippen LogP contribution is 2.39. The van der Waals surface area contributed by atoms with Crippen LogP contribution in [0.25, 0.3) is 22.6 Å². The smallest absolute Gasteiger partial charge is 0.259 e. The van der Waals surface area contributed by atoms with E-state index in [0.717, 1.165) is 38.9 Å². The Morgan fingerprint density at radius 2 is 1.57 bits per heavy atom. The number of carbonyl (C=O) groups excluding carboxylic acids is 1. The second-order valence-corrected chi connectivity index (χ2v) is 6.87. The van der Waals surface area contributed by atoms with Gasteiger partial charge in [0.05, 0.1) is 17.7 Å². The molecule has 0 aliphatic carbocycles. The second-order valence-electron chi connectivity index (χ2n) is 6.87. The molecule has 0 bridgehead atoms. The van der Waals surface area contributed by atoms with E-state index in [-0.39, 0.29) is 5.91 Å². The molecule has 1 aromatic heterocycles. The summed E-state index contributed by atoms with van der Waals surface area (Å²) in [6, 6.07) is 28.1. The molecule has 0 unspecified atom stereocenters. The molecule has 3 aromatic carbocycles. The Bertz CT molecular complexity index is 1210. The highest BCUT2D eigenvalue weighted by molar-refractivity contribution is 6.36. The third kappa shape index (κ3) is 2.78. The van der Waals surface area contributed by atoms with Gasteiger partial charge in [-0.3, -0.25) is 9.78 Å². The molecule has 0 spiro atoms. The van der Waals surface area contributed by atoms with Gasteiger partial charge in [-0.05, 0) is 35.4 Å². The Hall–Kier alpha value is -3.72. The number of hydrogen-bond acceptors (Lipinski definition) is 2. The van der Waals surface area contributed by atoms with Gasteiger partial charge in [0.2, 0.25) is 0 Å². The van der Waals surface area contributed by atoms with Crippen molar-refractivity contribution >= 4 is 34.1 Å². The first-order valence-electron chi connectivity index (χ1n) is 9.32. The van der Waals surface area contributed by atoms with Crippen molar-refractivity contribution in [2.45, 2.75) is 6.54 Å². The topological polar surface area (TPSA) is 33.2 Å². The number of nitrogens with zero attached hydrogens (tertiary/aromatic N) is 2. The molecule has 0 fully saturated rings. The maximum atomic E-state index is 13.3. The predicted octanol–water partition coefficient (Wildman–Crippen LogP) is 5.32. The Morgan fingerprint density at radius 1 is 0.821 bits per heavy atom. The summed E-state index contributed by atoms with van der Waals surface area (Å²) < 4.78 is 0. The van der Waals surface area contributed by atoms with E-state index in [1.165, 1.54) is 0 Å². The van der Waals surface area contributed by atoms with Crippen molar-refractivity contribution < 1.29 is 4.79 Å². The van der Waals surface area contributed by atoms with Crippen LogP contribution in [-0.4, -0.2) is 10.9 Å². The lowest BCUT2D eigenvalue weighted by atomic mass is 10.0. The van der Waals surface area contributed by atoms with Crippen LogP contribution in [-0.2, 0) is 11.3 Å². The number of fused-ring (bicyclic) bond motifs is 2. The van der Waals surface area contributed by atoms with Crippen molar-refractivity contribution in [3.8, 4) is 0 Å². The zero-order valence-electron chi connectivity index (χ0n) is 15.2. The number of carbonyl (C=O) groups is 1. The monoisotopic (exact) mass is 362 g/mol. The average molecular weight is 362 g/mol. The summed E-state index contributed by atoms with van der Waals surface area (Å²) >= 11 is 0. The Balaban J connectivity index is 1.62. The molecule has 4 aromatic rings. The van der Waals surface area contributed by atoms with Gasteiger partial charge < -0.3 is 4.90 Å². The Morgan fingerprint density at radius 3 is 2.46 bits per heavy atom. The lowest BCUT2D eigenvalue weighted by Crippen LogP contribution is -2.25. The van der Waals surface area contributed by atoms with Gasteiger partial charge in [-0.25, -0.2) is 0 Å². The van der Waals surface area contributed by atoms with E-state index >= 15 is 0 Å². The molecule has 3 nitrogen and oxygen atoms in total. The first-order chi connectivity index (χ1) is 13.8. The Labute approximate surface area is 163 Å². The molecule has 2 heterocycles. The lowest BCUT2D eigenvalue weighted by Gasteiger charge is -2.17. The van der Waals surface area contributed by atoms with E-state index in [1.807, 2.05) is 95.9 Å². The van der Waals surface area contributed by atoms with E-state index in [0.29, 0.717) is 6.54 Å². The van der Waals surface area contributed by atoms with Crippen LogP contribution < -0.4 is 4.90 Å². The number of anilines is 1. The summed E-state index contributed by atoms with van der Waals surface area (Å²) in [5.41, 5.74) is 5.71. The standard InChI is InChI=1S/C25H18N2O/c28-25-22(16-19-14-15-26-23-12-6-4-10-20(19)23)21-11-5-7-13-24(21)27(25)17-18-8-2-1-3-9-18/h1-16H,17H2/b22-16-. The molecule has 28 heavy (non-hydrogen) atoms. The van der Waals surface area contributed by atoms with Crippen LogP contribution in [0, 0.1) is 0 Å². The SMILES string of the molecule is O=C1/C(=C\c2ccnc3ccccc23)c2ccccc2N1Cc1ccccc1. The van der Waals surface area contributed by atoms with E-state index < -0.39 is 0 Å². The lowest BCUT2D eigenvalue weighted by molar-refractivity contribution is -0.113. The summed E-state index contributed by atoms with van der Waals surface area (Å²) in [5, 5.41) is 1.05. The number of rotatable bonds is 3. The quantitative estimate of drug-likeness (QED) is 0.462. The zero-order valence-corrected chi connectivity index (χ0v) is 15.2. The van der Waals surface area contributed by atoms with E-state index in [1.54, 1.807) is 6.20 Å². The van der Waals surface area contributed by atoms with Crippen molar-refractivity contribution in [1.82, 2.24) is 4.98 Å². The number of benzene rings is 3. The minimum Gasteiger partial charge on any atom is -0.303 e. The van der Waals surface area contributed by atoms with Gasteiger partial charge in [0.1, 0.15) is 0 Å². The molecular formula is C25H18N2O. The Kier molecular flexibility index (Phi) is 3.99. The van der Waals surface area contributed by atoms with Crippen molar-refractivity contribution in [2.75, 3.05) is 4.90 Å². The van der Waals surface area contributed by atoms with Gasteiger partial charge in [-0.15, -0.1) is 0 Å². The summed E-state index contributed by atoms with van der Waals surface area (Å²) in [6.45, 7) is 0.561. The normalized spacial score (nSPS) is 14.6. The van der Waals surface area contributed by atoms with E-state index in [9.17, 15) is 4.79 Å². The number of para-hydroxylation sites is 2.